The minimum absolute atomic E-state index is 0.347. The van der Waals surface area contributed by atoms with Crippen LogP contribution >= 0.6 is 0 Å². The van der Waals surface area contributed by atoms with Gasteiger partial charge in [0.2, 0.25) is 5.91 Å². The summed E-state index contributed by atoms with van der Waals surface area (Å²) in [4.78, 5) is 46.2. The Bertz CT molecular complexity index is 1230. The van der Waals surface area contributed by atoms with Crippen molar-refractivity contribution in [1.82, 2.24) is 0 Å². The monoisotopic (exact) mass is 458 g/mol. The normalized spacial score (nSPS) is 21.5. The lowest BCUT2D eigenvalue weighted by molar-refractivity contribution is -0.126. The third-order valence-corrected chi connectivity index (χ3v) is 6.13. The molecule has 34 heavy (non-hydrogen) atoms. The molecule has 3 unspecified atom stereocenters. The van der Waals surface area contributed by atoms with Gasteiger partial charge in [-0.2, -0.15) is 0 Å². The molecule has 2 fully saturated rings. The average molecular weight is 458 g/mol. The van der Waals surface area contributed by atoms with Crippen molar-refractivity contribution in [1.29, 1.82) is 0 Å². The van der Waals surface area contributed by atoms with Crippen molar-refractivity contribution in [2.45, 2.75) is 12.1 Å². The number of nitrogens with zero attached hydrogens (tertiary/aromatic N) is 2. The van der Waals surface area contributed by atoms with E-state index in [1.807, 2.05) is 30.3 Å². The molecule has 0 spiro atoms. The van der Waals surface area contributed by atoms with Crippen LogP contribution in [0.25, 0.3) is 0 Å². The number of hydroxylamine groups is 1. The Kier molecular flexibility index (Phi) is 5.51. The van der Waals surface area contributed by atoms with Crippen LogP contribution < -0.4 is 14.7 Å². The summed E-state index contributed by atoms with van der Waals surface area (Å²) >= 11 is 0. The minimum atomic E-state index is -0.972. The Labute approximate surface area is 196 Å². The lowest BCUT2D eigenvalue weighted by Crippen LogP contribution is -2.37. The summed E-state index contributed by atoms with van der Waals surface area (Å²) in [7, 11) is 2.87. The lowest BCUT2D eigenvalue weighted by Gasteiger charge is -2.28. The molecule has 172 valence electrons. The number of carbonyl (C=O) groups is 3. The van der Waals surface area contributed by atoms with Gasteiger partial charge in [0.15, 0.2) is 6.10 Å². The quantitative estimate of drug-likeness (QED) is 0.427. The standard InChI is InChI=1S/C26H22N2O6/c1-32-20-14-12-18(13-15-20)27-24(29)21-22(16-8-10-17(11-9-16)26(31)33-2)28(34-23(21)25(27)30)19-6-4-3-5-7-19/h3-15,21-23H,1-2H3. The van der Waals surface area contributed by atoms with Gasteiger partial charge in [-0.25, -0.2) is 14.8 Å². The maximum atomic E-state index is 13.6. The maximum Gasteiger partial charge on any atom is 0.337 e. The molecule has 0 radical (unpaired) electrons. The van der Waals surface area contributed by atoms with Crippen LogP contribution in [0, 0.1) is 5.92 Å². The fourth-order valence-electron chi connectivity index (χ4n) is 4.47. The molecule has 3 aromatic rings. The highest BCUT2D eigenvalue weighted by molar-refractivity contribution is 6.23. The van der Waals surface area contributed by atoms with Crippen molar-refractivity contribution in [3.8, 4) is 5.75 Å². The highest BCUT2D eigenvalue weighted by Gasteiger charge is 2.60. The van der Waals surface area contributed by atoms with Gasteiger partial charge in [-0.3, -0.25) is 14.4 Å². The first kappa shape index (κ1) is 21.7. The van der Waals surface area contributed by atoms with Crippen molar-refractivity contribution in [3.63, 3.8) is 0 Å². The van der Waals surface area contributed by atoms with Crippen LogP contribution in [-0.4, -0.2) is 38.1 Å². The molecule has 0 aromatic heterocycles. The van der Waals surface area contributed by atoms with Gasteiger partial charge in [-0.15, -0.1) is 0 Å². The van der Waals surface area contributed by atoms with Crippen LogP contribution in [0.3, 0.4) is 0 Å². The molecule has 2 amide bonds. The van der Waals surface area contributed by atoms with Crippen molar-refractivity contribution in [2.24, 2.45) is 5.92 Å². The highest BCUT2D eigenvalue weighted by atomic mass is 16.7. The lowest BCUT2D eigenvalue weighted by atomic mass is 9.90. The predicted octanol–water partition coefficient (Wildman–Crippen LogP) is 3.53. The van der Waals surface area contributed by atoms with Gasteiger partial charge >= 0.3 is 5.97 Å². The number of rotatable bonds is 5. The summed E-state index contributed by atoms with van der Waals surface area (Å²) in [5.41, 5.74) is 2.30. The number of imide groups is 1. The summed E-state index contributed by atoms with van der Waals surface area (Å²) in [6, 6.07) is 22.3. The fourth-order valence-corrected chi connectivity index (χ4v) is 4.47. The molecule has 3 aromatic carbocycles. The molecule has 3 atom stereocenters. The number of para-hydroxylation sites is 1. The minimum Gasteiger partial charge on any atom is -0.497 e. The Morgan fingerprint density at radius 1 is 0.824 bits per heavy atom. The summed E-state index contributed by atoms with van der Waals surface area (Å²) in [6.45, 7) is 0. The number of hydrogen-bond acceptors (Lipinski definition) is 7. The molecule has 2 aliphatic heterocycles. The fraction of sp³-hybridized carbons (Fsp3) is 0.192. The molecule has 0 bridgehead atoms. The zero-order valence-electron chi connectivity index (χ0n) is 18.6. The maximum absolute atomic E-state index is 13.6. The van der Waals surface area contributed by atoms with E-state index in [2.05, 4.69) is 0 Å². The Morgan fingerprint density at radius 2 is 1.50 bits per heavy atom. The van der Waals surface area contributed by atoms with Gasteiger partial charge in [-0.05, 0) is 54.1 Å². The predicted molar refractivity (Wildman–Crippen MR) is 123 cm³/mol. The van der Waals surface area contributed by atoms with Gasteiger partial charge in [0.1, 0.15) is 11.7 Å². The zero-order valence-corrected chi connectivity index (χ0v) is 18.6. The van der Waals surface area contributed by atoms with E-state index in [-0.39, 0.29) is 5.91 Å². The Morgan fingerprint density at radius 3 is 2.12 bits per heavy atom. The number of carbonyl (C=O) groups excluding carboxylic acids is 3. The van der Waals surface area contributed by atoms with E-state index in [9.17, 15) is 14.4 Å². The molecular weight excluding hydrogens is 436 g/mol. The van der Waals surface area contributed by atoms with Crippen molar-refractivity contribution in [3.05, 3.63) is 90.0 Å². The second-order valence-electron chi connectivity index (χ2n) is 7.98. The number of benzene rings is 3. The molecule has 2 aliphatic rings. The van der Waals surface area contributed by atoms with E-state index < -0.39 is 29.9 Å². The van der Waals surface area contributed by atoms with Crippen LogP contribution in [-0.2, 0) is 19.2 Å². The first-order valence-electron chi connectivity index (χ1n) is 10.7. The third kappa shape index (κ3) is 3.48. The van der Waals surface area contributed by atoms with Crippen molar-refractivity contribution < 1.29 is 28.7 Å². The van der Waals surface area contributed by atoms with E-state index in [4.69, 9.17) is 14.3 Å². The Balaban J connectivity index is 1.54. The van der Waals surface area contributed by atoms with Crippen molar-refractivity contribution >= 4 is 29.2 Å². The number of fused-ring (bicyclic) bond motifs is 1. The molecule has 2 heterocycles. The van der Waals surface area contributed by atoms with E-state index in [1.165, 1.54) is 12.0 Å². The van der Waals surface area contributed by atoms with E-state index in [1.54, 1.807) is 60.7 Å². The molecule has 8 heteroatoms. The average Bonchev–Trinajstić information content (AvgIpc) is 3.40. The van der Waals surface area contributed by atoms with Crippen molar-refractivity contribution in [2.75, 3.05) is 24.2 Å². The van der Waals surface area contributed by atoms with Gasteiger partial charge in [0.25, 0.3) is 5.91 Å². The number of methoxy groups -OCH3 is 2. The first-order valence-corrected chi connectivity index (χ1v) is 10.7. The largest absolute Gasteiger partial charge is 0.497 e. The first-order chi connectivity index (χ1) is 16.5. The molecule has 0 saturated carbocycles. The van der Waals surface area contributed by atoms with Crippen LogP contribution in [0.5, 0.6) is 5.75 Å². The van der Waals surface area contributed by atoms with E-state index >= 15 is 0 Å². The van der Waals surface area contributed by atoms with Gasteiger partial charge < -0.3 is 9.47 Å². The van der Waals surface area contributed by atoms with Crippen LogP contribution in [0.1, 0.15) is 22.0 Å². The van der Waals surface area contributed by atoms with Crippen LogP contribution in [0.2, 0.25) is 0 Å². The van der Waals surface area contributed by atoms with Gasteiger partial charge in [0, 0.05) is 0 Å². The SMILES string of the molecule is COC(=O)c1ccc(C2C3C(=O)N(c4ccc(OC)cc4)C(=O)C3ON2c2ccccc2)cc1. The summed E-state index contributed by atoms with van der Waals surface area (Å²) in [5, 5.41) is 1.61. The van der Waals surface area contributed by atoms with Crippen LogP contribution in [0.15, 0.2) is 78.9 Å². The number of anilines is 2. The highest BCUT2D eigenvalue weighted by Crippen LogP contribution is 2.47. The summed E-state index contributed by atoms with van der Waals surface area (Å²) in [6.07, 6.45) is -0.972. The summed E-state index contributed by atoms with van der Waals surface area (Å²) < 4.78 is 9.96. The third-order valence-electron chi connectivity index (χ3n) is 6.13. The molecular formula is C26H22N2O6. The smallest absolute Gasteiger partial charge is 0.337 e. The number of ether oxygens (including phenoxy) is 2. The molecule has 0 N–H and O–H groups in total. The Hall–Kier alpha value is -4.17. The number of esters is 1. The van der Waals surface area contributed by atoms with E-state index in [0.29, 0.717) is 17.0 Å². The van der Waals surface area contributed by atoms with Gasteiger partial charge in [0.05, 0.1) is 37.2 Å². The second kappa shape index (κ2) is 8.64. The summed E-state index contributed by atoms with van der Waals surface area (Å²) in [5.74, 6) is -1.36. The van der Waals surface area contributed by atoms with Crippen LogP contribution in [0.4, 0.5) is 11.4 Å². The molecule has 0 aliphatic carbocycles. The molecule has 2 saturated heterocycles. The zero-order chi connectivity index (χ0) is 23.8. The molecule has 8 nitrogen and oxygen atoms in total. The van der Waals surface area contributed by atoms with E-state index in [0.717, 1.165) is 11.3 Å². The topological polar surface area (TPSA) is 85.4 Å². The van der Waals surface area contributed by atoms with Gasteiger partial charge in [-0.1, -0.05) is 30.3 Å². The second-order valence-corrected chi connectivity index (χ2v) is 7.98. The molecule has 5 rings (SSSR count). The number of hydrogen-bond donors (Lipinski definition) is 0. The number of amides is 2.